The van der Waals surface area contributed by atoms with E-state index in [4.69, 9.17) is 9.47 Å². The number of carbonyl (C=O) groups is 3. The lowest BCUT2D eigenvalue weighted by Gasteiger charge is -2.32. The Labute approximate surface area is 146 Å². The molecule has 7 nitrogen and oxygen atoms in total. The number of alkyl carbamates (subject to hydrolysis) is 1. The van der Waals surface area contributed by atoms with E-state index < -0.39 is 12.1 Å². The summed E-state index contributed by atoms with van der Waals surface area (Å²) in [5.41, 5.74) is 0.468. The summed E-state index contributed by atoms with van der Waals surface area (Å²) in [6, 6.07) is 6.53. The molecule has 0 bridgehead atoms. The molecule has 0 saturated carbocycles. The fraction of sp³-hybridized carbons (Fsp3) is 0.389. The molecule has 0 spiro atoms. The van der Waals surface area contributed by atoms with Crippen LogP contribution in [0.15, 0.2) is 36.9 Å². The zero-order valence-corrected chi connectivity index (χ0v) is 14.2. The van der Waals surface area contributed by atoms with Gasteiger partial charge in [0.2, 0.25) is 0 Å². The highest BCUT2D eigenvalue weighted by Crippen LogP contribution is 2.18. The van der Waals surface area contributed by atoms with Crippen LogP contribution in [0.4, 0.5) is 4.79 Å². The predicted octanol–water partition coefficient (Wildman–Crippen LogP) is 2.13. The number of carbonyl (C=O) groups excluding carboxylic acids is 3. The minimum atomic E-state index is -0.473. The van der Waals surface area contributed by atoms with E-state index in [0.717, 1.165) is 0 Å². The van der Waals surface area contributed by atoms with Gasteiger partial charge in [-0.2, -0.15) is 0 Å². The molecule has 0 aliphatic carbocycles. The molecule has 1 fully saturated rings. The Morgan fingerprint density at radius 2 is 2.04 bits per heavy atom. The van der Waals surface area contributed by atoms with Crippen LogP contribution in [0.3, 0.4) is 0 Å². The minimum absolute atomic E-state index is 0.0197. The van der Waals surface area contributed by atoms with E-state index in [-0.39, 0.29) is 18.6 Å². The SMILES string of the molecule is C=CCOC(=O)NC1CCN(C(=O)c2cccc(OC(C)=O)c2)CC1. The number of nitrogens with one attached hydrogen (secondary N) is 1. The molecule has 1 aliphatic rings. The van der Waals surface area contributed by atoms with Gasteiger partial charge in [0, 0.05) is 31.6 Å². The third-order valence-electron chi connectivity index (χ3n) is 3.78. The van der Waals surface area contributed by atoms with Crippen molar-refractivity contribution in [2.45, 2.75) is 25.8 Å². The maximum atomic E-state index is 12.6. The lowest BCUT2D eigenvalue weighted by atomic mass is 10.0. The second-order valence-electron chi connectivity index (χ2n) is 5.72. The number of nitrogens with zero attached hydrogens (tertiary/aromatic N) is 1. The fourth-order valence-corrected chi connectivity index (χ4v) is 2.61. The second-order valence-corrected chi connectivity index (χ2v) is 5.72. The molecular formula is C18H22N2O5. The Kier molecular flexibility index (Phi) is 6.56. The zero-order valence-electron chi connectivity index (χ0n) is 14.2. The molecule has 1 aromatic carbocycles. The molecular weight excluding hydrogens is 324 g/mol. The van der Waals surface area contributed by atoms with Crippen LogP contribution < -0.4 is 10.1 Å². The zero-order chi connectivity index (χ0) is 18.2. The van der Waals surface area contributed by atoms with E-state index in [0.29, 0.717) is 37.2 Å². The topological polar surface area (TPSA) is 84.9 Å². The molecule has 0 atom stereocenters. The van der Waals surface area contributed by atoms with Gasteiger partial charge >= 0.3 is 12.1 Å². The Bertz CT molecular complexity index is 651. The predicted molar refractivity (Wildman–Crippen MR) is 91.4 cm³/mol. The quantitative estimate of drug-likeness (QED) is 0.501. The maximum absolute atomic E-state index is 12.6. The van der Waals surface area contributed by atoms with Gasteiger partial charge in [0.15, 0.2) is 0 Å². The number of benzene rings is 1. The van der Waals surface area contributed by atoms with Crippen molar-refractivity contribution in [3.05, 3.63) is 42.5 Å². The maximum Gasteiger partial charge on any atom is 0.407 e. The third kappa shape index (κ3) is 5.63. The molecule has 7 heteroatoms. The summed E-state index contributed by atoms with van der Waals surface area (Å²) < 4.78 is 9.90. The van der Waals surface area contributed by atoms with Crippen molar-refractivity contribution in [1.29, 1.82) is 0 Å². The van der Waals surface area contributed by atoms with Gasteiger partial charge in [-0.3, -0.25) is 9.59 Å². The van der Waals surface area contributed by atoms with Gasteiger partial charge in [-0.05, 0) is 31.0 Å². The average Bonchev–Trinajstić information content (AvgIpc) is 2.59. The number of hydrogen-bond acceptors (Lipinski definition) is 5. The first-order valence-electron chi connectivity index (χ1n) is 8.11. The van der Waals surface area contributed by atoms with Crippen LogP contribution in [0.2, 0.25) is 0 Å². The molecule has 134 valence electrons. The van der Waals surface area contributed by atoms with E-state index in [1.807, 2.05) is 0 Å². The van der Waals surface area contributed by atoms with Crippen LogP contribution in [-0.2, 0) is 9.53 Å². The monoisotopic (exact) mass is 346 g/mol. The standard InChI is InChI=1S/C18H22N2O5/c1-3-11-24-18(23)19-15-7-9-20(10-8-15)17(22)14-5-4-6-16(12-14)25-13(2)21/h3-6,12,15H,1,7-11H2,2H3,(H,19,23). The molecule has 0 aromatic heterocycles. The van der Waals surface area contributed by atoms with Crippen molar-refractivity contribution in [1.82, 2.24) is 10.2 Å². The number of esters is 1. The van der Waals surface area contributed by atoms with E-state index >= 15 is 0 Å². The molecule has 1 saturated heterocycles. The number of likely N-dealkylation sites (tertiary alicyclic amines) is 1. The van der Waals surface area contributed by atoms with Crippen molar-refractivity contribution >= 4 is 18.0 Å². The summed E-state index contributed by atoms with van der Waals surface area (Å²) >= 11 is 0. The average molecular weight is 346 g/mol. The molecule has 1 heterocycles. The molecule has 0 radical (unpaired) electrons. The normalized spacial score (nSPS) is 14.5. The number of amides is 2. The Morgan fingerprint density at radius 1 is 1.32 bits per heavy atom. The minimum Gasteiger partial charge on any atom is -0.445 e. The van der Waals surface area contributed by atoms with Crippen molar-refractivity contribution in [3.8, 4) is 5.75 Å². The Hall–Kier alpha value is -2.83. The molecule has 2 rings (SSSR count). The Balaban J connectivity index is 1.87. The van der Waals surface area contributed by atoms with Crippen LogP contribution in [0.5, 0.6) is 5.75 Å². The lowest BCUT2D eigenvalue weighted by Crippen LogP contribution is -2.46. The third-order valence-corrected chi connectivity index (χ3v) is 3.78. The van der Waals surface area contributed by atoms with Crippen LogP contribution in [0.1, 0.15) is 30.1 Å². The summed E-state index contributed by atoms with van der Waals surface area (Å²) in [7, 11) is 0. The van der Waals surface area contributed by atoms with Gasteiger partial charge in [0.1, 0.15) is 12.4 Å². The largest absolute Gasteiger partial charge is 0.445 e. The van der Waals surface area contributed by atoms with Gasteiger partial charge in [-0.1, -0.05) is 18.7 Å². The van der Waals surface area contributed by atoms with Crippen molar-refractivity contribution in [3.63, 3.8) is 0 Å². The summed E-state index contributed by atoms with van der Waals surface area (Å²) in [5, 5.41) is 2.78. The summed E-state index contributed by atoms with van der Waals surface area (Å²) in [4.78, 5) is 36.8. The first kappa shape index (κ1) is 18.5. The van der Waals surface area contributed by atoms with Crippen LogP contribution in [-0.4, -0.2) is 48.6 Å². The number of rotatable bonds is 5. The first-order valence-corrected chi connectivity index (χ1v) is 8.11. The number of hydrogen-bond donors (Lipinski definition) is 1. The van der Waals surface area contributed by atoms with Gasteiger partial charge in [-0.25, -0.2) is 4.79 Å². The number of piperidine rings is 1. The fourth-order valence-electron chi connectivity index (χ4n) is 2.61. The highest BCUT2D eigenvalue weighted by atomic mass is 16.5. The van der Waals surface area contributed by atoms with E-state index in [9.17, 15) is 14.4 Å². The van der Waals surface area contributed by atoms with Crippen molar-refractivity contribution in [2.24, 2.45) is 0 Å². The summed E-state index contributed by atoms with van der Waals surface area (Å²) in [6.07, 6.45) is 2.33. The smallest absolute Gasteiger partial charge is 0.407 e. The van der Waals surface area contributed by atoms with Gasteiger partial charge in [-0.15, -0.1) is 0 Å². The molecule has 1 aromatic rings. The lowest BCUT2D eigenvalue weighted by molar-refractivity contribution is -0.131. The highest BCUT2D eigenvalue weighted by Gasteiger charge is 2.25. The highest BCUT2D eigenvalue weighted by molar-refractivity contribution is 5.94. The Morgan fingerprint density at radius 3 is 2.68 bits per heavy atom. The molecule has 1 aliphatic heterocycles. The molecule has 2 amide bonds. The van der Waals surface area contributed by atoms with Crippen LogP contribution in [0.25, 0.3) is 0 Å². The molecule has 25 heavy (non-hydrogen) atoms. The second kappa shape index (κ2) is 8.86. The summed E-state index contributed by atoms with van der Waals surface area (Å²) in [6.45, 7) is 6.02. The van der Waals surface area contributed by atoms with Crippen LogP contribution >= 0.6 is 0 Å². The van der Waals surface area contributed by atoms with Gasteiger partial charge in [0.05, 0.1) is 0 Å². The van der Waals surface area contributed by atoms with E-state index in [1.54, 1.807) is 29.2 Å². The summed E-state index contributed by atoms with van der Waals surface area (Å²) in [5.74, 6) is -0.207. The van der Waals surface area contributed by atoms with E-state index in [1.165, 1.54) is 13.0 Å². The van der Waals surface area contributed by atoms with Gasteiger partial charge < -0.3 is 19.7 Å². The molecule has 0 unspecified atom stereocenters. The number of ether oxygens (including phenoxy) is 2. The van der Waals surface area contributed by atoms with Crippen molar-refractivity contribution in [2.75, 3.05) is 19.7 Å². The molecule has 1 N–H and O–H groups in total. The van der Waals surface area contributed by atoms with E-state index in [2.05, 4.69) is 11.9 Å². The van der Waals surface area contributed by atoms with Crippen LogP contribution in [0, 0.1) is 0 Å². The van der Waals surface area contributed by atoms with Gasteiger partial charge in [0.25, 0.3) is 5.91 Å². The van der Waals surface area contributed by atoms with Crippen molar-refractivity contribution < 1.29 is 23.9 Å². The first-order chi connectivity index (χ1) is 12.0.